The fourth-order valence-electron chi connectivity index (χ4n) is 1.59. The predicted molar refractivity (Wildman–Crippen MR) is 77.5 cm³/mol. The first-order valence-electron chi connectivity index (χ1n) is 6.86. The number of hydrogen-bond acceptors (Lipinski definition) is 5. The van der Waals surface area contributed by atoms with Crippen molar-refractivity contribution >= 4 is 5.97 Å². The van der Waals surface area contributed by atoms with E-state index in [9.17, 15) is 4.79 Å². The highest BCUT2D eigenvalue weighted by atomic mass is 16.5. The number of esters is 1. The molecule has 1 aromatic heterocycles. The first-order valence-corrected chi connectivity index (χ1v) is 6.86. The molecule has 1 aromatic rings. The topological polar surface area (TPSA) is 60.5 Å². The third kappa shape index (κ3) is 5.17. The lowest BCUT2D eigenvalue weighted by Gasteiger charge is -2.21. The Labute approximate surface area is 120 Å². The van der Waals surface area contributed by atoms with Crippen LogP contribution in [0.4, 0.5) is 0 Å². The Kier molecular flexibility index (Phi) is 6.45. The summed E-state index contributed by atoms with van der Waals surface area (Å²) in [6.45, 7) is 7.69. The van der Waals surface area contributed by atoms with E-state index in [0.717, 1.165) is 25.2 Å². The minimum Gasteiger partial charge on any atom is -0.491 e. The molecule has 0 saturated heterocycles. The maximum atomic E-state index is 11.5. The summed E-state index contributed by atoms with van der Waals surface area (Å²) in [5.41, 5.74) is 0.300. The molecule has 0 atom stereocenters. The number of aromatic nitrogens is 1. The zero-order valence-electron chi connectivity index (χ0n) is 12.7. The van der Waals surface area contributed by atoms with Gasteiger partial charge in [0.1, 0.15) is 12.4 Å². The number of nitrogens with zero attached hydrogens (tertiary/aromatic N) is 1. The summed E-state index contributed by atoms with van der Waals surface area (Å²) in [4.78, 5) is 15.8. The van der Waals surface area contributed by atoms with E-state index < -0.39 is 5.41 Å². The van der Waals surface area contributed by atoms with Gasteiger partial charge in [0.25, 0.3) is 0 Å². The van der Waals surface area contributed by atoms with Gasteiger partial charge in [-0.3, -0.25) is 9.78 Å². The lowest BCUT2D eigenvalue weighted by molar-refractivity contribution is -0.152. The fourth-order valence-corrected chi connectivity index (χ4v) is 1.59. The van der Waals surface area contributed by atoms with Crippen molar-refractivity contribution in [2.24, 2.45) is 5.41 Å². The lowest BCUT2D eigenvalue weighted by Crippen LogP contribution is -2.32. The summed E-state index contributed by atoms with van der Waals surface area (Å²) in [5.74, 6) is 0.368. The van der Waals surface area contributed by atoms with Crippen molar-refractivity contribution in [3.05, 3.63) is 24.0 Å². The van der Waals surface area contributed by atoms with Crippen LogP contribution in [0.15, 0.2) is 18.3 Å². The van der Waals surface area contributed by atoms with Crippen LogP contribution in [0.2, 0.25) is 0 Å². The summed E-state index contributed by atoms with van der Waals surface area (Å²) in [6, 6.07) is 3.78. The van der Waals surface area contributed by atoms with E-state index in [-0.39, 0.29) is 12.6 Å². The molecule has 0 aliphatic carbocycles. The zero-order valence-corrected chi connectivity index (χ0v) is 12.7. The van der Waals surface area contributed by atoms with Crippen LogP contribution in [-0.2, 0) is 16.1 Å². The predicted octanol–water partition coefficient (Wildman–Crippen LogP) is 2.16. The van der Waals surface area contributed by atoms with Crippen LogP contribution in [0.3, 0.4) is 0 Å². The highest BCUT2D eigenvalue weighted by Gasteiger charge is 2.29. The van der Waals surface area contributed by atoms with E-state index in [1.165, 1.54) is 7.11 Å². The third-order valence-electron chi connectivity index (χ3n) is 2.87. The Morgan fingerprint density at radius 2 is 2.15 bits per heavy atom. The monoisotopic (exact) mass is 280 g/mol. The summed E-state index contributed by atoms with van der Waals surface area (Å²) >= 11 is 0. The Bertz CT molecular complexity index is 416. The normalized spacial score (nSPS) is 11.2. The van der Waals surface area contributed by atoms with E-state index in [0.29, 0.717) is 5.75 Å². The van der Waals surface area contributed by atoms with Gasteiger partial charge in [0.05, 0.1) is 24.4 Å². The third-order valence-corrected chi connectivity index (χ3v) is 2.87. The van der Waals surface area contributed by atoms with Gasteiger partial charge in [-0.2, -0.15) is 0 Å². The van der Waals surface area contributed by atoms with Gasteiger partial charge in [-0.05, 0) is 38.9 Å². The van der Waals surface area contributed by atoms with Gasteiger partial charge in [-0.25, -0.2) is 0 Å². The van der Waals surface area contributed by atoms with Gasteiger partial charge in [0, 0.05) is 6.54 Å². The Morgan fingerprint density at radius 1 is 1.40 bits per heavy atom. The Morgan fingerprint density at radius 3 is 2.70 bits per heavy atom. The van der Waals surface area contributed by atoms with Crippen molar-refractivity contribution < 1.29 is 14.3 Å². The molecule has 0 bridgehead atoms. The molecule has 5 heteroatoms. The van der Waals surface area contributed by atoms with E-state index in [1.54, 1.807) is 20.0 Å². The van der Waals surface area contributed by atoms with Gasteiger partial charge < -0.3 is 14.8 Å². The van der Waals surface area contributed by atoms with E-state index in [4.69, 9.17) is 9.47 Å². The quantitative estimate of drug-likeness (QED) is 0.584. The smallest absolute Gasteiger partial charge is 0.314 e. The Hall–Kier alpha value is -1.62. The number of carbonyl (C=O) groups is 1. The van der Waals surface area contributed by atoms with Crippen molar-refractivity contribution in [1.82, 2.24) is 10.3 Å². The van der Waals surface area contributed by atoms with Gasteiger partial charge in [-0.1, -0.05) is 6.92 Å². The van der Waals surface area contributed by atoms with E-state index in [2.05, 4.69) is 17.2 Å². The summed E-state index contributed by atoms with van der Waals surface area (Å²) in [6.07, 6.45) is 2.78. The molecular formula is C15H24N2O3. The standard InChI is InChI=1S/C15H24N2O3/c1-5-8-16-9-12-6-7-13(10-17-12)20-11-15(2,3)14(18)19-4/h6-7,10,16H,5,8-9,11H2,1-4H3. The molecule has 0 fully saturated rings. The average Bonchev–Trinajstić information content (AvgIpc) is 2.46. The van der Waals surface area contributed by atoms with Crippen molar-refractivity contribution in [2.75, 3.05) is 20.3 Å². The van der Waals surface area contributed by atoms with Crippen LogP contribution in [-0.4, -0.2) is 31.2 Å². The van der Waals surface area contributed by atoms with E-state index in [1.807, 2.05) is 12.1 Å². The molecule has 0 radical (unpaired) electrons. The second-order valence-electron chi connectivity index (χ2n) is 5.33. The molecule has 20 heavy (non-hydrogen) atoms. The number of hydrogen-bond donors (Lipinski definition) is 1. The van der Waals surface area contributed by atoms with Crippen LogP contribution in [0.1, 0.15) is 32.9 Å². The number of nitrogens with one attached hydrogen (secondary N) is 1. The molecular weight excluding hydrogens is 256 g/mol. The Balaban J connectivity index is 2.47. The maximum Gasteiger partial charge on any atom is 0.314 e. The largest absolute Gasteiger partial charge is 0.491 e. The SMILES string of the molecule is CCCNCc1ccc(OCC(C)(C)C(=O)OC)cn1. The molecule has 0 aromatic carbocycles. The zero-order chi connectivity index (χ0) is 15.0. The van der Waals surface area contributed by atoms with Gasteiger partial charge >= 0.3 is 5.97 Å². The average molecular weight is 280 g/mol. The summed E-state index contributed by atoms with van der Waals surface area (Å²) in [7, 11) is 1.38. The van der Waals surface area contributed by atoms with Crippen LogP contribution in [0.5, 0.6) is 5.75 Å². The molecule has 0 aliphatic heterocycles. The van der Waals surface area contributed by atoms with Crippen LogP contribution in [0, 0.1) is 5.41 Å². The molecule has 0 aliphatic rings. The molecule has 1 heterocycles. The molecule has 1 rings (SSSR count). The first-order chi connectivity index (χ1) is 9.49. The molecule has 0 amide bonds. The first kappa shape index (κ1) is 16.4. The van der Waals surface area contributed by atoms with Gasteiger partial charge in [0.15, 0.2) is 0 Å². The minimum atomic E-state index is -0.671. The van der Waals surface area contributed by atoms with Crippen molar-refractivity contribution in [2.45, 2.75) is 33.7 Å². The van der Waals surface area contributed by atoms with E-state index >= 15 is 0 Å². The molecule has 112 valence electrons. The molecule has 1 N–H and O–H groups in total. The highest BCUT2D eigenvalue weighted by molar-refractivity contribution is 5.75. The van der Waals surface area contributed by atoms with Crippen molar-refractivity contribution in [1.29, 1.82) is 0 Å². The number of pyridine rings is 1. The number of ether oxygens (including phenoxy) is 2. The summed E-state index contributed by atoms with van der Waals surface area (Å²) < 4.78 is 10.3. The van der Waals surface area contributed by atoms with Crippen molar-refractivity contribution in [3.63, 3.8) is 0 Å². The molecule has 0 saturated carbocycles. The molecule has 0 spiro atoms. The van der Waals surface area contributed by atoms with Gasteiger partial charge in [-0.15, -0.1) is 0 Å². The molecule has 5 nitrogen and oxygen atoms in total. The number of methoxy groups -OCH3 is 1. The fraction of sp³-hybridized carbons (Fsp3) is 0.600. The van der Waals surface area contributed by atoms with Crippen LogP contribution < -0.4 is 10.1 Å². The van der Waals surface area contributed by atoms with Crippen LogP contribution >= 0.6 is 0 Å². The number of rotatable bonds is 8. The molecule has 0 unspecified atom stereocenters. The van der Waals surface area contributed by atoms with Crippen LogP contribution in [0.25, 0.3) is 0 Å². The second kappa shape index (κ2) is 7.85. The number of carbonyl (C=O) groups excluding carboxylic acids is 1. The lowest BCUT2D eigenvalue weighted by atomic mass is 9.95. The highest BCUT2D eigenvalue weighted by Crippen LogP contribution is 2.19. The second-order valence-corrected chi connectivity index (χ2v) is 5.33. The minimum absolute atomic E-state index is 0.259. The maximum absolute atomic E-state index is 11.5. The summed E-state index contributed by atoms with van der Waals surface area (Å²) in [5, 5.41) is 3.29. The van der Waals surface area contributed by atoms with Gasteiger partial charge in [0.2, 0.25) is 0 Å². The van der Waals surface area contributed by atoms with Crippen molar-refractivity contribution in [3.8, 4) is 5.75 Å².